The topological polar surface area (TPSA) is 61.8 Å². The average Bonchev–Trinajstić information content (AvgIpc) is 2.76. The molecule has 5 nitrogen and oxygen atoms in total. The number of anilines is 1. The van der Waals surface area contributed by atoms with E-state index < -0.39 is 5.91 Å². The Morgan fingerprint density at radius 2 is 2.00 bits per heavy atom. The van der Waals surface area contributed by atoms with Gasteiger partial charge in [0.15, 0.2) is 0 Å². The van der Waals surface area contributed by atoms with Crippen LogP contribution in [-0.4, -0.2) is 24.3 Å². The van der Waals surface area contributed by atoms with Crippen LogP contribution in [0.3, 0.4) is 0 Å². The zero-order valence-electron chi connectivity index (χ0n) is 11.5. The fourth-order valence-electron chi connectivity index (χ4n) is 2.43. The van der Waals surface area contributed by atoms with Gasteiger partial charge in [0.05, 0.1) is 6.54 Å². The van der Waals surface area contributed by atoms with Crippen LogP contribution >= 0.6 is 0 Å². The Kier molecular flexibility index (Phi) is 3.75. The third-order valence-corrected chi connectivity index (χ3v) is 3.53. The van der Waals surface area contributed by atoms with Gasteiger partial charge in [-0.05, 0) is 24.3 Å². The smallest absolute Gasteiger partial charge is 0.274 e. The van der Waals surface area contributed by atoms with Crippen molar-refractivity contribution in [1.82, 2.24) is 5.48 Å². The van der Waals surface area contributed by atoms with E-state index in [2.05, 4.69) is 17.0 Å². The number of hydrogen-bond donors (Lipinski definition) is 2. The number of hydrogen-bond acceptors (Lipinski definition) is 4. The molecule has 2 N–H and O–H groups in total. The van der Waals surface area contributed by atoms with Crippen LogP contribution < -0.4 is 15.1 Å². The predicted octanol–water partition coefficient (Wildman–Crippen LogP) is 2.20. The van der Waals surface area contributed by atoms with Gasteiger partial charge in [0.25, 0.3) is 5.91 Å². The Hall–Kier alpha value is -2.53. The molecule has 0 saturated heterocycles. The Labute approximate surface area is 122 Å². The van der Waals surface area contributed by atoms with Gasteiger partial charge in [0.2, 0.25) is 0 Å². The zero-order chi connectivity index (χ0) is 14.7. The molecule has 0 spiro atoms. The third-order valence-electron chi connectivity index (χ3n) is 3.53. The second-order valence-corrected chi connectivity index (χ2v) is 4.87. The van der Waals surface area contributed by atoms with Crippen molar-refractivity contribution in [1.29, 1.82) is 0 Å². The SMILES string of the molecule is O=C(NO)c1ccc2c(c1)OCCN(c1ccccc1)C2. The molecule has 5 heteroatoms. The van der Waals surface area contributed by atoms with Gasteiger partial charge in [-0.15, -0.1) is 0 Å². The first-order valence-electron chi connectivity index (χ1n) is 6.78. The Morgan fingerprint density at radius 3 is 2.76 bits per heavy atom. The Morgan fingerprint density at radius 1 is 1.19 bits per heavy atom. The van der Waals surface area contributed by atoms with Crippen molar-refractivity contribution in [2.75, 3.05) is 18.1 Å². The maximum atomic E-state index is 11.4. The number of benzene rings is 2. The predicted molar refractivity (Wildman–Crippen MR) is 78.7 cm³/mol. The van der Waals surface area contributed by atoms with E-state index in [0.717, 1.165) is 24.3 Å². The minimum absolute atomic E-state index is 0.379. The van der Waals surface area contributed by atoms with E-state index in [0.29, 0.717) is 17.9 Å². The van der Waals surface area contributed by atoms with E-state index in [9.17, 15) is 4.79 Å². The molecule has 1 heterocycles. The van der Waals surface area contributed by atoms with Crippen molar-refractivity contribution in [3.63, 3.8) is 0 Å². The molecule has 21 heavy (non-hydrogen) atoms. The average molecular weight is 284 g/mol. The summed E-state index contributed by atoms with van der Waals surface area (Å²) in [4.78, 5) is 13.7. The number of carbonyl (C=O) groups is 1. The number of amides is 1. The molecule has 1 aliphatic rings. The molecule has 108 valence electrons. The summed E-state index contributed by atoms with van der Waals surface area (Å²) < 4.78 is 5.73. The summed E-state index contributed by atoms with van der Waals surface area (Å²) in [5.74, 6) is 0.153. The molecule has 2 aromatic carbocycles. The molecule has 3 rings (SSSR count). The molecule has 0 aromatic heterocycles. The molecule has 0 bridgehead atoms. The van der Waals surface area contributed by atoms with E-state index in [1.807, 2.05) is 24.3 Å². The summed E-state index contributed by atoms with van der Waals surface area (Å²) in [5.41, 5.74) is 4.18. The molecule has 1 amide bonds. The van der Waals surface area contributed by atoms with Gasteiger partial charge in [-0.3, -0.25) is 10.0 Å². The van der Waals surface area contributed by atoms with Gasteiger partial charge < -0.3 is 9.64 Å². The third kappa shape index (κ3) is 2.83. The van der Waals surface area contributed by atoms with Crippen molar-refractivity contribution >= 4 is 11.6 Å². The van der Waals surface area contributed by atoms with Crippen molar-refractivity contribution in [3.05, 3.63) is 59.7 Å². The summed E-state index contributed by atoms with van der Waals surface area (Å²) in [7, 11) is 0. The molecular formula is C16H16N2O3. The number of ether oxygens (including phenoxy) is 1. The number of hydroxylamine groups is 1. The van der Waals surface area contributed by atoms with Crippen molar-refractivity contribution < 1.29 is 14.7 Å². The van der Waals surface area contributed by atoms with Crippen LogP contribution in [0.25, 0.3) is 0 Å². The second-order valence-electron chi connectivity index (χ2n) is 4.87. The van der Waals surface area contributed by atoms with E-state index >= 15 is 0 Å². The highest BCUT2D eigenvalue weighted by Gasteiger charge is 2.17. The number of rotatable bonds is 2. The number of carbonyl (C=O) groups excluding carboxylic acids is 1. The molecule has 0 radical (unpaired) electrons. The van der Waals surface area contributed by atoms with E-state index in [1.54, 1.807) is 17.6 Å². The minimum atomic E-state index is -0.537. The van der Waals surface area contributed by atoms with E-state index in [-0.39, 0.29) is 0 Å². The van der Waals surface area contributed by atoms with Crippen LogP contribution in [0.4, 0.5) is 5.69 Å². The molecule has 0 fully saturated rings. The molecular weight excluding hydrogens is 268 g/mol. The maximum absolute atomic E-state index is 11.4. The molecule has 0 atom stereocenters. The van der Waals surface area contributed by atoms with Crippen LogP contribution in [-0.2, 0) is 6.54 Å². The van der Waals surface area contributed by atoms with Gasteiger partial charge in [0.1, 0.15) is 12.4 Å². The quantitative estimate of drug-likeness (QED) is 0.655. The highest BCUT2D eigenvalue weighted by molar-refractivity contribution is 5.93. The van der Waals surface area contributed by atoms with Gasteiger partial charge in [-0.2, -0.15) is 0 Å². The highest BCUT2D eigenvalue weighted by Crippen LogP contribution is 2.27. The number of fused-ring (bicyclic) bond motifs is 1. The zero-order valence-corrected chi connectivity index (χ0v) is 11.5. The summed E-state index contributed by atoms with van der Waals surface area (Å²) >= 11 is 0. The van der Waals surface area contributed by atoms with Gasteiger partial charge in [-0.1, -0.05) is 24.3 Å². The summed E-state index contributed by atoms with van der Waals surface area (Å²) in [6.07, 6.45) is 0. The maximum Gasteiger partial charge on any atom is 0.274 e. The van der Waals surface area contributed by atoms with Crippen LogP contribution in [0.1, 0.15) is 15.9 Å². The Bertz CT molecular complexity index is 643. The lowest BCUT2D eigenvalue weighted by Gasteiger charge is -2.21. The van der Waals surface area contributed by atoms with Crippen LogP contribution in [0, 0.1) is 0 Å². The first-order chi connectivity index (χ1) is 10.3. The fourth-order valence-corrected chi connectivity index (χ4v) is 2.43. The van der Waals surface area contributed by atoms with Crippen LogP contribution in [0.15, 0.2) is 48.5 Å². The van der Waals surface area contributed by atoms with Gasteiger partial charge in [0, 0.05) is 23.4 Å². The van der Waals surface area contributed by atoms with Gasteiger partial charge in [-0.25, -0.2) is 5.48 Å². The van der Waals surface area contributed by atoms with Crippen molar-refractivity contribution in [2.24, 2.45) is 0 Å². The summed E-state index contributed by atoms with van der Waals surface area (Å²) in [5, 5.41) is 8.69. The lowest BCUT2D eigenvalue weighted by atomic mass is 10.1. The standard InChI is InChI=1S/C16H16N2O3/c19-16(17-20)12-6-7-13-11-18(8-9-21-15(13)10-12)14-4-2-1-3-5-14/h1-7,10,20H,8-9,11H2,(H,17,19). The number of nitrogens with zero attached hydrogens (tertiary/aromatic N) is 1. The highest BCUT2D eigenvalue weighted by atomic mass is 16.5. The van der Waals surface area contributed by atoms with Crippen LogP contribution in [0.2, 0.25) is 0 Å². The summed E-state index contributed by atoms with van der Waals surface area (Å²) in [6.45, 7) is 2.05. The molecule has 1 aliphatic heterocycles. The van der Waals surface area contributed by atoms with Crippen molar-refractivity contribution in [2.45, 2.75) is 6.54 Å². The first kappa shape index (κ1) is 13.5. The molecule has 0 aliphatic carbocycles. The van der Waals surface area contributed by atoms with Gasteiger partial charge >= 0.3 is 0 Å². The normalized spacial score (nSPS) is 13.9. The lowest BCUT2D eigenvalue weighted by molar-refractivity contribution is 0.0706. The number of para-hydroxylation sites is 1. The minimum Gasteiger partial charge on any atom is -0.491 e. The second kappa shape index (κ2) is 5.85. The largest absolute Gasteiger partial charge is 0.491 e. The monoisotopic (exact) mass is 284 g/mol. The van der Waals surface area contributed by atoms with E-state index in [4.69, 9.17) is 9.94 Å². The molecule has 0 unspecified atom stereocenters. The van der Waals surface area contributed by atoms with E-state index in [1.165, 1.54) is 0 Å². The van der Waals surface area contributed by atoms with Crippen molar-refractivity contribution in [3.8, 4) is 5.75 Å². The molecule has 2 aromatic rings. The van der Waals surface area contributed by atoms with Crippen LogP contribution in [0.5, 0.6) is 5.75 Å². The fraction of sp³-hybridized carbons (Fsp3) is 0.188. The molecule has 0 saturated carbocycles. The summed E-state index contributed by atoms with van der Waals surface area (Å²) in [6, 6.07) is 15.4. The number of nitrogens with one attached hydrogen (secondary N) is 1. The first-order valence-corrected chi connectivity index (χ1v) is 6.78. The lowest BCUT2D eigenvalue weighted by Crippen LogP contribution is -2.25. The Balaban J connectivity index is 1.88.